The number of furan rings is 1. The van der Waals surface area contributed by atoms with E-state index >= 15 is 0 Å². The highest BCUT2D eigenvalue weighted by Crippen LogP contribution is 2.48. The van der Waals surface area contributed by atoms with Gasteiger partial charge >= 0.3 is 0 Å². The van der Waals surface area contributed by atoms with Gasteiger partial charge in [0.1, 0.15) is 11.3 Å². The van der Waals surface area contributed by atoms with Gasteiger partial charge in [-0.1, -0.05) is 188 Å². The van der Waals surface area contributed by atoms with Crippen molar-refractivity contribution >= 4 is 49.6 Å². The fourth-order valence-corrected chi connectivity index (χ4v) is 8.75. The average Bonchev–Trinajstić information content (AvgIpc) is 3.75. The van der Waals surface area contributed by atoms with Crippen LogP contribution in [-0.4, -0.2) is 0 Å². The van der Waals surface area contributed by atoms with Crippen molar-refractivity contribution < 1.29 is 4.42 Å². The Morgan fingerprint density at radius 3 is 1.15 bits per heavy atom. The number of fused-ring (bicyclic) bond motifs is 6. The third kappa shape index (κ3) is 6.32. The predicted molar refractivity (Wildman–Crippen MR) is 253 cm³/mol. The normalized spacial score (nSPS) is 11.3. The number of hydrogen-bond donors (Lipinski definition) is 0. The third-order valence-corrected chi connectivity index (χ3v) is 11.7. The molecule has 0 fully saturated rings. The number of benzene rings is 10. The Hall–Kier alpha value is -7.94. The maximum Gasteiger partial charge on any atom is 0.143 e. The van der Waals surface area contributed by atoms with Gasteiger partial charge in [0.2, 0.25) is 0 Å². The molecular formula is C58H39NO. The molecule has 0 aliphatic rings. The van der Waals surface area contributed by atoms with E-state index in [0.717, 1.165) is 67.0 Å². The van der Waals surface area contributed by atoms with Gasteiger partial charge in [0, 0.05) is 39.0 Å². The van der Waals surface area contributed by atoms with Crippen LogP contribution >= 0.6 is 0 Å². The summed E-state index contributed by atoms with van der Waals surface area (Å²) < 4.78 is 6.99. The molecule has 282 valence electrons. The Morgan fingerprint density at radius 1 is 0.267 bits per heavy atom. The highest BCUT2D eigenvalue weighted by Gasteiger charge is 2.23. The van der Waals surface area contributed by atoms with Gasteiger partial charge in [0.15, 0.2) is 0 Å². The van der Waals surface area contributed by atoms with Gasteiger partial charge in [-0.15, -0.1) is 0 Å². The second-order valence-corrected chi connectivity index (χ2v) is 15.3. The van der Waals surface area contributed by atoms with Crippen LogP contribution in [0, 0.1) is 0 Å². The van der Waals surface area contributed by atoms with Crippen molar-refractivity contribution in [1.82, 2.24) is 0 Å². The molecule has 11 rings (SSSR count). The van der Waals surface area contributed by atoms with E-state index in [0.29, 0.717) is 0 Å². The molecule has 0 aliphatic carbocycles. The van der Waals surface area contributed by atoms with Crippen LogP contribution in [0.4, 0.5) is 17.1 Å². The minimum Gasteiger partial charge on any atom is -0.455 e. The van der Waals surface area contributed by atoms with Gasteiger partial charge in [-0.05, 0) is 104 Å². The molecule has 0 N–H and O–H groups in total. The van der Waals surface area contributed by atoms with Crippen LogP contribution in [0.3, 0.4) is 0 Å². The lowest BCUT2D eigenvalue weighted by molar-refractivity contribution is 0.636. The molecule has 11 aromatic rings. The van der Waals surface area contributed by atoms with E-state index in [-0.39, 0.29) is 0 Å². The van der Waals surface area contributed by atoms with Crippen molar-refractivity contribution in [3.8, 4) is 55.8 Å². The lowest BCUT2D eigenvalue weighted by Crippen LogP contribution is -2.09. The highest BCUT2D eigenvalue weighted by atomic mass is 16.3. The van der Waals surface area contributed by atoms with Crippen molar-refractivity contribution in [2.45, 2.75) is 0 Å². The molecule has 1 aromatic heterocycles. The van der Waals surface area contributed by atoms with E-state index in [1.54, 1.807) is 0 Å². The zero-order chi connectivity index (χ0) is 39.8. The molecule has 0 radical (unpaired) electrons. The van der Waals surface area contributed by atoms with E-state index in [4.69, 9.17) is 4.42 Å². The Bertz CT molecular complexity index is 3160. The number of hydrogen-bond acceptors (Lipinski definition) is 2. The second kappa shape index (κ2) is 15.1. The van der Waals surface area contributed by atoms with Gasteiger partial charge in [-0.3, -0.25) is 0 Å². The van der Waals surface area contributed by atoms with Crippen LogP contribution in [0.5, 0.6) is 0 Å². The third-order valence-electron chi connectivity index (χ3n) is 11.7. The summed E-state index contributed by atoms with van der Waals surface area (Å²) in [6, 6.07) is 84.5. The molecule has 10 aromatic carbocycles. The van der Waals surface area contributed by atoms with Gasteiger partial charge < -0.3 is 9.32 Å². The summed E-state index contributed by atoms with van der Waals surface area (Å²) in [5, 5.41) is 5.82. The first kappa shape index (κ1) is 35.2. The molecule has 60 heavy (non-hydrogen) atoms. The van der Waals surface area contributed by atoms with Crippen LogP contribution in [0.1, 0.15) is 0 Å². The van der Waals surface area contributed by atoms with Gasteiger partial charge in [0.05, 0.1) is 0 Å². The van der Waals surface area contributed by atoms with Crippen LogP contribution in [-0.2, 0) is 0 Å². The first-order valence-corrected chi connectivity index (χ1v) is 20.5. The zero-order valence-corrected chi connectivity index (χ0v) is 32.9. The molecule has 0 amide bonds. The molecule has 0 spiro atoms. The molecular weight excluding hydrogens is 727 g/mol. The average molecular weight is 766 g/mol. The molecule has 0 saturated heterocycles. The minimum atomic E-state index is 0.892. The molecule has 0 unspecified atom stereocenters. The number of nitrogens with zero attached hydrogens (tertiary/aromatic N) is 1. The first-order chi connectivity index (χ1) is 29.8. The SMILES string of the molecule is c1ccc(-c2ccc(N(c3ccc(-c4ccccc4)cc3)c3ccc(-c4ccc5c(c4)c4ccccc4c4c(-c6ccccc6)c(-c6ccccc6)oc54)cc3)cc2)cc1. The van der Waals surface area contributed by atoms with Gasteiger partial charge in [0.25, 0.3) is 0 Å². The maximum absolute atomic E-state index is 6.99. The molecule has 2 nitrogen and oxygen atoms in total. The monoisotopic (exact) mass is 765 g/mol. The Kier molecular flexibility index (Phi) is 8.87. The van der Waals surface area contributed by atoms with Crippen LogP contribution in [0.25, 0.3) is 88.3 Å². The summed E-state index contributed by atoms with van der Waals surface area (Å²) in [6.07, 6.45) is 0. The zero-order valence-electron chi connectivity index (χ0n) is 32.9. The molecule has 1 heterocycles. The van der Waals surface area contributed by atoms with Gasteiger partial charge in [-0.2, -0.15) is 0 Å². The fourth-order valence-electron chi connectivity index (χ4n) is 8.75. The summed E-state index contributed by atoms with van der Waals surface area (Å²) in [7, 11) is 0. The van der Waals surface area contributed by atoms with E-state index in [9.17, 15) is 0 Å². The molecule has 0 aliphatic heterocycles. The summed E-state index contributed by atoms with van der Waals surface area (Å²) in [5.41, 5.74) is 14.6. The Labute approximate surface area is 349 Å². The molecule has 0 bridgehead atoms. The second-order valence-electron chi connectivity index (χ2n) is 15.3. The number of rotatable bonds is 8. The van der Waals surface area contributed by atoms with E-state index in [2.05, 4.69) is 241 Å². The van der Waals surface area contributed by atoms with Crippen molar-refractivity contribution in [2.24, 2.45) is 0 Å². The highest BCUT2D eigenvalue weighted by molar-refractivity contribution is 6.28. The lowest BCUT2D eigenvalue weighted by atomic mass is 9.91. The van der Waals surface area contributed by atoms with E-state index in [1.807, 2.05) is 0 Å². The van der Waals surface area contributed by atoms with Gasteiger partial charge in [-0.25, -0.2) is 0 Å². The molecule has 0 atom stereocenters. The summed E-state index contributed by atoms with van der Waals surface area (Å²) in [6.45, 7) is 0. The smallest absolute Gasteiger partial charge is 0.143 e. The maximum atomic E-state index is 6.99. The first-order valence-electron chi connectivity index (χ1n) is 20.5. The summed E-state index contributed by atoms with van der Waals surface area (Å²) in [5.74, 6) is 0.892. The summed E-state index contributed by atoms with van der Waals surface area (Å²) in [4.78, 5) is 2.34. The number of anilines is 3. The summed E-state index contributed by atoms with van der Waals surface area (Å²) >= 11 is 0. The lowest BCUT2D eigenvalue weighted by Gasteiger charge is -2.26. The fraction of sp³-hybridized carbons (Fsp3) is 0. The van der Waals surface area contributed by atoms with Crippen LogP contribution in [0.15, 0.2) is 241 Å². The van der Waals surface area contributed by atoms with Crippen molar-refractivity contribution in [2.75, 3.05) is 4.90 Å². The molecule has 0 saturated carbocycles. The van der Waals surface area contributed by atoms with Crippen molar-refractivity contribution in [3.05, 3.63) is 237 Å². The van der Waals surface area contributed by atoms with E-state index < -0.39 is 0 Å². The quantitative estimate of drug-likeness (QED) is 0.143. The van der Waals surface area contributed by atoms with Crippen molar-refractivity contribution in [1.29, 1.82) is 0 Å². The van der Waals surface area contributed by atoms with Crippen LogP contribution in [0.2, 0.25) is 0 Å². The van der Waals surface area contributed by atoms with Crippen LogP contribution < -0.4 is 4.90 Å². The standard InChI is InChI=1S/C58H39NO/c1-5-15-40(16-6-1)42-25-32-48(33-26-42)59(49-34-27-43(28-35-49)41-17-7-2-8-18-41)50-36-29-44(30-37-50)47-31-38-53-54(39-47)51-23-13-14-24-52(51)56-55(45-19-9-3-10-20-45)57(60-58(53)56)46-21-11-4-12-22-46/h1-39H. The largest absolute Gasteiger partial charge is 0.455 e. The van der Waals surface area contributed by atoms with Crippen molar-refractivity contribution in [3.63, 3.8) is 0 Å². The Morgan fingerprint density at radius 2 is 0.650 bits per heavy atom. The van der Waals surface area contributed by atoms with E-state index in [1.165, 1.54) is 38.4 Å². The topological polar surface area (TPSA) is 16.4 Å². The predicted octanol–water partition coefficient (Wildman–Crippen LogP) is 16.5. The minimum absolute atomic E-state index is 0.892. The Balaban J connectivity index is 1.02. The molecule has 2 heteroatoms.